The van der Waals surface area contributed by atoms with Gasteiger partial charge in [-0.25, -0.2) is 9.59 Å². The van der Waals surface area contributed by atoms with Gasteiger partial charge in [0.1, 0.15) is 18.7 Å². The fourth-order valence-electron chi connectivity index (χ4n) is 4.96. The SMILES string of the molecule is CCOC(=O)C=CCC[C@H](NC(=O)OCc1ccccc1)C(=O)Nc1cccc(C(=O)N2CCC[C@@H]2C(=O)Nc2ccccc2)c1. The monoisotopic (exact) mass is 626 g/mol. The lowest BCUT2D eigenvalue weighted by Crippen LogP contribution is -2.44. The van der Waals surface area contributed by atoms with E-state index in [0.717, 1.165) is 5.56 Å². The number of benzene rings is 3. The lowest BCUT2D eigenvalue weighted by atomic mass is 10.1. The van der Waals surface area contributed by atoms with E-state index in [9.17, 15) is 24.0 Å². The molecule has 3 aromatic carbocycles. The molecule has 1 aliphatic rings. The molecule has 1 aliphatic heterocycles. The van der Waals surface area contributed by atoms with E-state index in [1.54, 1.807) is 48.2 Å². The van der Waals surface area contributed by atoms with Gasteiger partial charge in [0.25, 0.3) is 5.91 Å². The molecule has 1 fully saturated rings. The van der Waals surface area contributed by atoms with Crippen LogP contribution in [0, 0.1) is 0 Å². The minimum absolute atomic E-state index is 0.0226. The molecule has 0 unspecified atom stereocenters. The van der Waals surface area contributed by atoms with Crippen LogP contribution in [0.5, 0.6) is 0 Å². The number of nitrogens with one attached hydrogen (secondary N) is 3. The average Bonchev–Trinajstić information content (AvgIpc) is 3.56. The third-order valence-electron chi connectivity index (χ3n) is 7.22. The summed E-state index contributed by atoms with van der Waals surface area (Å²) in [4.78, 5) is 65.7. The van der Waals surface area contributed by atoms with Gasteiger partial charge in [0, 0.05) is 29.6 Å². The molecule has 2 atom stereocenters. The molecule has 46 heavy (non-hydrogen) atoms. The molecule has 1 saturated heterocycles. The van der Waals surface area contributed by atoms with Gasteiger partial charge in [-0.1, -0.05) is 60.7 Å². The minimum atomic E-state index is -1.01. The second-order valence-corrected chi connectivity index (χ2v) is 10.6. The minimum Gasteiger partial charge on any atom is -0.463 e. The summed E-state index contributed by atoms with van der Waals surface area (Å²) in [5.41, 5.74) is 2.09. The Hall–Kier alpha value is -5.45. The van der Waals surface area contributed by atoms with Crippen LogP contribution in [0.4, 0.5) is 16.2 Å². The van der Waals surface area contributed by atoms with Gasteiger partial charge in [0.05, 0.1) is 6.61 Å². The maximum atomic E-state index is 13.5. The van der Waals surface area contributed by atoms with E-state index in [4.69, 9.17) is 9.47 Å². The first-order chi connectivity index (χ1) is 22.3. The van der Waals surface area contributed by atoms with Gasteiger partial charge in [0.2, 0.25) is 11.8 Å². The molecule has 240 valence electrons. The predicted molar refractivity (Wildman–Crippen MR) is 173 cm³/mol. The number of esters is 1. The molecule has 11 heteroatoms. The van der Waals surface area contributed by atoms with Gasteiger partial charge >= 0.3 is 12.1 Å². The molecule has 0 spiro atoms. The van der Waals surface area contributed by atoms with E-state index in [2.05, 4.69) is 16.0 Å². The van der Waals surface area contributed by atoms with Gasteiger partial charge in [0.15, 0.2) is 0 Å². The highest BCUT2D eigenvalue weighted by Crippen LogP contribution is 2.23. The number of carbonyl (C=O) groups is 5. The highest BCUT2D eigenvalue weighted by molar-refractivity contribution is 6.03. The van der Waals surface area contributed by atoms with Crippen LogP contribution in [-0.4, -0.2) is 59.9 Å². The van der Waals surface area contributed by atoms with Crippen molar-refractivity contribution < 1.29 is 33.4 Å². The van der Waals surface area contributed by atoms with Crippen molar-refractivity contribution in [3.05, 3.63) is 108 Å². The van der Waals surface area contributed by atoms with Crippen molar-refractivity contribution in [1.82, 2.24) is 10.2 Å². The number of alkyl carbamates (subject to hydrolysis) is 1. The first kappa shape index (κ1) is 33.4. The largest absolute Gasteiger partial charge is 0.463 e. The number of hydrogen-bond acceptors (Lipinski definition) is 7. The van der Waals surface area contributed by atoms with Gasteiger partial charge in [-0.2, -0.15) is 0 Å². The van der Waals surface area contributed by atoms with E-state index >= 15 is 0 Å². The van der Waals surface area contributed by atoms with Crippen molar-refractivity contribution in [1.29, 1.82) is 0 Å². The lowest BCUT2D eigenvalue weighted by molar-refractivity contribution is -0.137. The van der Waals surface area contributed by atoms with Crippen molar-refractivity contribution in [2.75, 3.05) is 23.8 Å². The molecule has 3 aromatic rings. The van der Waals surface area contributed by atoms with E-state index in [-0.39, 0.29) is 37.9 Å². The number of para-hydroxylation sites is 1. The van der Waals surface area contributed by atoms with Gasteiger partial charge in [-0.15, -0.1) is 0 Å². The zero-order valence-electron chi connectivity index (χ0n) is 25.6. The molecular formula is C35H38N4O7. The quantitative estimate of drug-likeness (QED) is 0.178. The van der Waals surface area contributed by atoms with Crippen molar-refractivity contribution in [2.45, 2.75) is 51.3 Å². The van der Waals surface area contributed by atoms with Crippen molar-refractivity contribution in [3.63, 3.8) is 0 Å². The molecule has 1 heterocycles. The van der Waals surface area contributed by atoms with E-state index in [1.165, 1.54) is 12.1 Å². The van der Waals surface area contributed by atoms with Crippen LogP contribution in [0.1, 0.15) is 48.5 Å². The van der Waals surface area contributed by atoms with Crippen LogP contribution in [0.2, 0.25) is 0 Å². The highest BCUT2D eigenvalue weighted by Gasteiger charge is 2.34. The summed E-state index contributed by atoms with van der Waals surface area (Å²) >= 11 is 0. The normalized spacial score (nSPS) is 14.7. The first-order valence-electron chi connectivity index (χ1n) is 15.2. The smallest absolute Gasteiger partial charge is 0.408 e. The Kier molecular flexibility index (Phi) is 12.5. The third-order valence-corrected chi connectivity index (χ3v) is 7.22. The molecule has 0 aliphatic carbocycles. The molecule has 0 aromatic heterocycles. The standard InChI is InChI=1S/C35H38N4O7/c1-2-45-31(40)21-10-9-19-29(38-35(44)46-24-25-13-5-3-6-14-25)32(41)37-28-18-11-15-26(23-28)34(43)39-22-12-20-30(39)33(42)36-27-16-7-4-8-17-27/h3-8,10-11,13-18,21,23,29-30H,2,9,12,19-20,22,24H2,1H3,(H,36,42)(H,37,41)(H,38,44)/t29-,30+/m0/s1. The summed E-state index contributed by atoms with van der Waals surface area (Å²) in [5.74, 6) is -1.62. The highest BCUT2D eigenvalue weighted by atomic mass is 16.5. The summed E-state index contributed by atoms with van der Waals surface area (Å²) in [6.07, 6.45) is 3.73. The van der Waals surface area contributed by atoms with Gasteiger partial charge in [-0.05, 0) is 68.5 Å². The molecule has 0 bridgehead atoms. The topological polar surface area (TPSA) is 143 Å². The summed E-state index contributed by atoms with van der Waals surface area (Å²) in [6, 6.07) is 23.0. The zero-order valence-corrected chi connectivity index (χ0v) is 25.6. The second kappa shape index (κ2) is 17.1. The summed E-state index contributed by atoms with van der Waals surface area (Å²) in [5, 5.41) is 8.24. The predicted octanol–water partition coefficient (Wildman–Crippen LogP) is 5.06. The molecule has 11 nitrogen and oxygen atoms in total. The maximum absolute atomic E-state index is 13.5. The molecular weight excluding hydrogens is 588 g/mol. The number of ether oxygens (including phenoxy) is 2. The van der Waals surface area contributed by atoms with E-state index in [0.29, 0.717) is 36.3 Å². The molecule has 3 N–H and O–H groups in total. The Labute approximate surface area is 267 Å². The molecule has 4 amide bonds. The van der Waals surface area contributed by atoms with Gasteiger partial charge in [-0.3, -0.25) is 14.4 Å². The second-order valence-electron chi connectivity index (χ2n) is 10.6. The van der Waals surface area contributed by atoms with Crippen LogP contribution in [-0.2, 0) is 30.5 Å². The van der Waals surface area contributed by atoms with Crippen LogP contribution in [0.3, 0.4) is 0 Å². The fraction of sp³-hybridized carbons (Fsp3) is 0.286. The number of allylic oxidation sites excluding steroid dienone is 1. The molecule has 0 radical (unpaired) electrons. The first-order valence-corrected chi connectivity index (χ1v) is 15.2. The number of nitrogens with zero attached hydrogens (tertiary/aromatic N) is 1. The average molecular weight is 627 g/mol. The summed E-state index contributed by atoms with van der Waals surface area (Å²) in [6.45, 7) is 2.39. The van der Waals surface area contributed by atoms with Crippen molar-refractivity contribution >= 4 is 41.2 Å². The maximum Gasteiger partial charge on any atom is 0.408 e. The Balaban J connectivity index is 1.40. The Morgan fingerprint density at radius 2 is 1.61 bits per heavy atom. The number of anilines is 2. The Morgan fingerprint density at radius 1 is 0.891 bits per heavy atom. The Morgan fingerprint density at radius 3 is 2.35 bits per heavy atom. The van der Waals surface area contributed by atoms with E-state index in [1.807, 2.05) is 48.5 Å². The number of rotatable bonds is 13. The van der Waals surface area contributed by atoms with Gasteiger partial charge < -0.3 is 30.3 Å². The molecule has 4 rings (SSSR count). The van der Waals surface area contributed by atoms with Crippen molar-refractivity contribution in [3.8, 4) is 0 Å². The van der Waals surface area contributed by atoms with Crippen LogP contribution in [0.15, 0.2) is 97.1 Å². The zero-order chi connectivity index (χ0) is 32.7. The van der Waals surface area contributed by atoms with Crippen LogP contribution >= 0.6 is 0 Å². The third kappa shape index (κ3) is 10.0. The number of likely N-dealkylation sites (tertiary alicyclic amines) is 1. The Bertz CT molecular complexity index is 1530. The van der Waals surface area contributed by atoms with Crippen LogP contribution in [0.25, 0.3) is 0 Å². The lowest BCUT2D eigenvalue weighted by Gasteiger charge is -2.24. The van der Waals surface area contributed by atoms with Crippen molar-refractivity contribution in [2.24, 2.45) is 0 Å². The number of carbonyl (C=O) groups excluding carboxylic acids is 5. The fourth-order valence-corrected chi connectivity index (χ4v) is 4.96. The summed E-state index contributed by atoms with van der Waals surface area (Å²) < 4.78 is 10.2. The van der Waals surface area contributed by atoms with Crippen LogP contribution < -0.4 is 16.0 Å². The summed E-state index contributed by atoms with van der Waals surface area (Å²) in [7, 11) is 0. The van der Waals surface area contributed by atoms with E-state index < -0.39 is 30.1 Å². The number of amides is 4. The molecule has 0 saturated carbocycles. The number of hydrogen-bond donors (Lipinski definition) is 3.